The van der Waals surface area contributed by atoms with E-state index in [-0.39, 0.29) is 23.9 Å². The molecule has 190 valence electrons. The highest BCUT2D eigenvalue weighted by atomic mass is 19.1. The van der Waals surface area contributed by atoms with Crippen molar-refractivity contribution in [2.24, 2.45) is 0 Å². The third kappa shape index (κ3) is 4.33. The summed E-state index contributed by atoms with van der Waals surface area (Å²) in [5, 5.41) is 2.63. The van der Waals surface area contributed by atoms with Crippen molar-refractivity contribution in [3.05, 3.63) is 59.9 Å². The van der Waals surface area contributed by atoms with E-state index in [4.69, 9.17) is 0 Å². The number of amides is 4. The smallest absolute Gasteiger partial charge is 0.317 e. The largest absolute Gasteiger partial charge is 0.341 e. The van der Waals surface area contributed by atoms with E-state index in [1.165, 1.54) is 17.0 Å². The van der Waals surface area contributed by atoms with Crippen LogP contribution >= 0.6 is 0 Å². The second-order valence-corrected chi connectivity index (χ2v) is 9.91. The van der Waals surface area contributed by atoms with Crippen molar-refractivity contribution < 1.29 is 18.8 Å². The van der Waals surface area contributed by atoms with Crippen LogP contribution < -0.4 is 15.1 Å². The Morgan fingerprint density at radius 3 is 2.47 bits per heavy atom. The van der Waals surface area contributed by atoms with Crippen LogP contribution in [0.15, 0.2) is 48.5 Å². The van der Waals surface area contributed by atoms with Gasteiger partial charge < -0.3 is 15.1 Å². The standard InChI is InChI=1S/C28H33FN4O3/c1-30-28(36)31-17-8-7-16-24(31)26(34)33(21-13-9-10-19(29)18-21)25-22-14-5-6-15-23(22)32(27(25)35)20-11-3-2-4-12-20/h5-6,9-10,13-15,18,20,24-25H,2-4,7-8,11-12,16-17H2,1H3,(H,30,36)/t24-,25+/m1/s1. The molecule has 1 N–H and O–H groups in total. The van der Waals surface area contributed by atoms with Crippen molar-refractivity contribution in [2.75, 3.05) is 23.4 Å². The number of fused-ring (bicyclic) bond motifs is 1. The van der Waals surface area contributed by atoms with E-state index >= 15 is 0 Å². The second-order valence-electron chi connectivity index (χ2n) is 9.91. The maximum atomic E-state index is 14.4. The molecular weight excluding hydrogens is 459 g/mol. The molecule has 0 bridgehead atoms. The number of halogens is 1. The minimum atomic E-state index is -0.911. The van der Waals surface area contributed by atoms with E-state index in [2.05, 4.69) is 5.32 Å². The van der Waals surface area contributed by atoms with Crippen molar-refractivity contribution in [2.45, 2.75) is 69.5 Å². The number of hydrogen-bond acceptors (Lipinski definition) is 3. The predicted octanol–water partition coefficient (Wildman–Crippen LogP) is 4.77. The number of benzene rings is 2. The molecule has 0 spiro atoms. The molecule has 7 nitrogen and oxygen atoms in total. The third-order valence-electron chi connectivity index (χ3n) is 7.75. The van der Waals surface area contributed by atoms with Gasteiger partial charge in [-0.3, -0.25) is 14.5 Å². The Balaban J connectivity index is 1.60. The summed E-state index contributed by atoms with van der Waals surface area (Å²) < 4.78 is 14.4. The molecule has 2 aromatic carbocycles. The summed E-state index contributed by atoms with van der Waals surface area (Å²) in [6, 6.07) is 11.5. The van der Waals surface area contributed by atoms with E-state index in [0.717, 1.165) is 56.2 Å². The van der Waals surface area contributed by atoms with Crippen LogP contribution in [0.3, 0.4) is 0 Å². The summed E-state index contributed by atoms with van der Waals surface area (Å²) in [7, 11) is 1.54. The summed E-state index contributed by atoms with van der Waals surface area (Å²) in [5.41, 5.74) is 1.88. The van der Waals surface area contributed by atoms with E-state index in [1.54, 1.807) is 24.1 Å². The molecule has 0 unspecified atom stereocenters. The van der Waals surface area contributed by atoms with Gasteiger partial charge in [-0.25, -0.2) is 9.18 Å². The lowest BCUT2D eigenvalue weighted by Crippen LogP contribution is -2.57. The summed E-state index contributed by atoms with van der Waals surface area (Å²) in [5.74, 6) is -1.01. The molecule has 8 heteroatoms. The van der Waals surface area contributed by atoms with Crippen molar-refractivity contribution in [1.29, 1.82) is 0 Å². The molecule has 1 saturated carbocycles. The molecule has 2 aliphatic heterocycles. The molecule has 2 aromatic rings. The van der Waals surface area contributed by atoms with Crippen LogP contribution in [0.4, 0.5) is 20.6 Å². The zero-order valence-electron chi connectivity index (χ0n) is 20.7. The predicted molar refractivity (Wildman–Crippen MR) is 136 cm³/mol. The van der Waals surface area contributed by atoms with Crippen molar-refractivity contribution in [3.8, 4) is 0 Å². The Morgan fingerprint density at radius 2 is 1.72 bits per heavy atom. The number of urea groups is 1. The lowest BCUT2D eigenvalue weighted by atomic mass is 9.94. The fraction of sp³-hybridized carbons (Fsp3) is 0.464. The monoisotopic (exact) mass is 492 g/mol. The van der Waals surface area contributed by atoms with Gasteiger partial charge in [-0.2, -0.15) is 0 Å². The molecule has 2 heterocycles. The summed E-state index contributed by atoms with van der Waals surface area (Å²) in [6.07, 6.45) is 7.24. The van der Waals surface area contributed by atoms with E-state index < -0.39 is 17.9 Å². The molecule has 1 saturated heterocycles. The topological polar surface area (TPSA) is 73.0 Å². The van der Waals surface area contributed by atoms with Gasteiger partial charge in [-0.05, 0) is 56.4 Å². The molecule has 0 aromatic heterocycles. The Morgan fingerprint density at radius 1 is 0.972 bits per heavy atom. The molecule has 2 fully saturated rings. The van der Waals surface area contributed by atoms with Gasteiger partial charge in [-0.15, -0.1) is 0 Å². The lowest BCUT2D eigenvalue weighted by molar-refractivity contribution is -0.128. The van der Waals surface area contributed by atoms with Gasteiger partial charge in [0.05, 0.1) is 0 Å². The van der Waals surface area contributed by atoms with Crippen LogP contribution in [-0.4, -0.2) is 48.4 Å². The van der Waals surface area contributed by atoms with E-state index in [1.807, 2.05) is 29.2 Å². The molecule has 36 heavy (non-hydrogen) atoms. The summed E-state index contributed by atoms with van der Waals surface area (Å²) in [4.78, 5) is 45.9. The first-order valence-corrected chi connectivity index (χ1v) is 13.0. The first-order valence-electron chi connectivity index (χ1n) is 13.0. The molecule has 0 radical (unpaired) electrons. The Bertz CT molecular complexity index is 1150. The summed E-state index contributed by atoms with van der Waals surface area (Å²) in [6.45, 7) is 0.455. The number of likely N-dealkylation sites (tertiary alicyclic amines) is 1. The van der Waals surface area contributed by atoms with Crippen molar-refractivity contribution in [1.82, 2.24) is 10.2 Å². The number of carbonyl (C=O) groups is 3. The number of nitrogens with one attached hydrogen (secondary N) is 1. The number of nitrogens with zero attached hydrogens (tertiary/aromatic N) is 3. The molecule has 3 aliphatic rings. The minimum absolute atomic E-state index is 0.0823. The van der Waals surface area contributed by atoms with E-state index in [0.29, 0.717) is 18.7 Å². The number of piperidine rings is 1. The number of para-hydroxylation sites is 1. The maximum Gasteiger partial charge on any atom is 0.317 e. The van der Waals surface area contributed by atoms with Crippen LogP contribution in [0, 0.1) is 5.82 Å². The van der Waals surface area contributed by atoms with Crippen molar-refractivity contribution in [3.63, 3.8) is 0 Å². The fourth-order valence-electron chi connectivity index (χ4n) is 6.05. The zero-order chi connectivity index (χ0) is 25.2. The van der Waals surface area contributed by atoms with Crippen LogP contribution in [0.2, 0.25) is 0 Å². The van der Waals surface area contributed by atoms with Gasteiger partial charge in [0.2, 0.25) is 0 Å². The lowest BCUT2D eigenvalue weighted by Gasteiger charge is -2.39. The Hall–Kier alpha value is -3.42. The fourth-order valence-corrected chi connectivity index (χ4v) is 6.05. The molecule has 5 rings (SSSR count). The van der Waals surface area contributed by atoms with Gasteiger partial charge in [-0.1, -0.05) is 43.5 Å². The van der Waals surface area contributed by atoms with Crippen LogP contribution in [0.1, 0.15) is 63.0 Å². The van der Waals surface area contributed by atoms with E-state index in [9.17, 15) is 18.8 Å². The minimum Gasteiger partial charge on any atom is -0.341 e. The highest BCUT2D eigenvalue weighted by molar-refractivity contribution is 6.13. The van der Waals surface area contributed by atoms with Gasteiger partial charge in [0, 0.05) is 36.6 Å². The zero-order valence-corrected chi connectivity index (χ0v) is 20.7. The average molecular weight is 493 g/mol. The number of carbonyl (C=O) groups excluding carboxylic acids is 3. The average Bonchev–Trinajstić information content (AvgIpc) is 3.20. The quantitative estimate of drug-likeness (QED) is 0.668. The molecular formula is C28H33FN4O3. The Labute approximate surface area is 211 Å². The highest BCUT2D eigenvalue weighted by Gasteiger charge is 2.48. The van der Waals surface area contributed by atoms with Crippen molar-refractivity contribution >= 4 is 29.2 Å². The number of rotatable bonds is 4. The SMILES string of the molecule is CNC(=O)N1CCCC[C@@H]1C(=O)N(c1cccc(F)c1)[C@@H]1C(=O)N(C2CCCCC2)c2ccccc21. The first-order chi connectivity index (χ1) is 17.5. The highest BCUT2D eigenvalue weighted by Crippen LogP contribution is 2.44. The number of anilines is 2. The molecule has 1 aliphatic carbocycles. The number of hydrogen-bond donors (Lipinski definition) is 1. The maximum absolute atomic E-state index is 14.4. The van der Waals surface area contributed by atoms with Gasteiger partial charge in [0.1, 0.15) is 17.9 Å². The third-order valence-corrected chi connectivity index (χ3v) is 7.75. The molecule has 2 atom stereocenters. The van der Waals surface area contributed by atoms with Gasteiger partial charge >= 0.3 is 6.03 Å². The first kappa shape index (κ1) is 24.3. The van der Waals surface area contributed by atoms with Crippen LogP contribution in [0.5, 0.6) is 0 Å². The summed E-state index contributed by atoms with van der Waals surface area (Å²) >= 11 is 0. The normalized spacial score (nSPS) is 22.3. The van der Waals surface area contributed by atoms with Crippen LogP contribution in [-0.2, 0) is 9.59 Å². The van der Waals surface area contributed by atoms with Crippen LogP contribution in [0.25, 0.3) is 0 Å². The molecule has 4 amide bonds. The Kier molecular flexibility index (Phi) is 6.94. The second kappa shape index (κ2) is 10.3. The van der Waals surface area contributed by atoms with Gasteiger partial charge in [0.15, 0.2) is 0 Å². The van der Waals surface area contributed by atoms with Gasteiger partial charge in [0.25, 0.3) is 11.8 Å².